The first-order valence-corrected chi connectivity index (χ1v) is 6.73. The van der Waals surface area contributed by atoms with Crippen LogP contribution >= 0.6 is 0 Å². The fourth-order valence-corrected chi connectivity index (χ4v) is 3.39. The van der Waals surface area contributed by atoms with Crippen LogP contribution in [0.2, 0.25) is 0 Å². The molecule has 0 amide bonds. The van der Waals surface area contributed by atoms with E-state index in [1.165, 1.54) is 4.31 Å². The molecule has 1 heterocycles. The summed E-state index contributed by atoms with van der Waals surface area (Å²) in [7, 11) is -3.21. The summed E-state index contributed by atoms with van der Waals surface area (Å²) in [6, 6.07) is 0. The first kappa shape index (κ1) is 12.9. The van der Waals surface area contributed by atoms with Crippen molar-refractivity contribution in [2.45, 2.75) is 32.5 Å². The van der Waals surface area contributed by atoms with Gasteiger partial charge in [-0.25, -0.2) is 8.42 Å². The molecule has 0 bridgehead atoms. The van der Waals surface area contributed by atoms with E-state index >= 15 is 0 Å². The molecule has 2 N–H and O–H groups in total. The van der Waals surface area contributed by atoms with Gasteiger partial charge >= 0.3 is 0 Å². The Kier molecular flexibility index (Phi) is 3.76. The third-order valence-electron chi connectivity index (χ3n) is 2.31. The highest BCUT2D eigenvalue weighted by Gasteiger charge is 2.36. The van der Waals surface area contributed by atoms with Crippen LogP contribution in [0.1, 0.15) is 20.8 Å². The van der Waals surface area contributed by atoms with E-state index in [2.05, 4.69) is 0 Å². The van der Waals surface area contributed by atoms with Gasteiger partial charge in [0, 0.05) is 19.6 Å². The molecular weight excluding hydrogens is 216 g/mol. The van der Waals surface area contributed by atoms with Gasteiger partial charge in [0.25, 0.3) is 0 Å². The van der Waals surface area contributed by atoms with E-state index in [4.69, 9.17) is 10.5 Å². The fraction of sp³-hybridized carbons (Fsp3) is 1.00. The van der Waals surface area contributed by atoms with Crippen LogP contribution in [-0.2, 0) is 14.8 Å². The summed E-state index contributed by atoms with van der Waals surface area (Å²) >= 11 is 0. The summed E-state index contributed by atoms with van der Waals surface area (Å²) in [4.78, 5) is 0. The van der Waals surface area contributed by atoms with Gasteiger partial charge in [0.2, 0.25) is 10.0 Å². The van der Waals surface area contributed by atoms with Crippen LogP contribution in [0, 0.1) is 0 Å². The third-order valence-corrected chi connectivity index (χ3v) is 4.12. The maximum atomic E-state index is 11.8. The van der Waals surface area contributed by atoms with Gasteiger partial charge in [0.15, 0.2) is 0 Å². The molecule has 1 atom stereocenters. The molecule has 1 rings (SSSR count). The minimum atomic E-state index is -3.21. The third kappa shape index (κ3) is 3.41. The molecule has 1 aliphatic rings. The maximum Gasteiger partial charge on any atom is 0.215 e. The van der Waals surface area contributed by atoms with E-state index in [-0.39, 0.29) is 18.4 Å². The Bertz CT molecular complexity index is 313. The van der Waals surface area contributed by atoms with Gasteiger partial charge in [-0.15, -0.1) is 0 Å². The number of nitrogens with two attached hydrogens (primary N) is 1. The molecule has 1 saturated heterocycles. The van der Waals surface area contributed by atoms with Gasteiger partial charge in [-0.1, -0.05) is 0 Å². The van der Waals surface area contributed by atoms with Crippen molar-refractivity contribution in [3.8, 4) is 0 Å². The second kappa shape index (κ2) is 4.37. The van der Waals surface area contributed by atoms with Gasteiger partial charge in [0.05, 0.1) is 17.5 Å². The zero-order valence-corrected chi connectivity index (χ0v) is 10.4. The lowest BCUT2D eigenvalue weighted by molar-refractivity contribution is -0.109. The van der Waals surface area contributed by atoms with Crippen LogP contribution < -0.4 is 5.73 Å². The Morgan fingerprint density at radius 2 is 2.13 bits per heavy atom. The van der Waals surface area contributed by atoms with Gasteiger partial charge < -0.3 is 10.5 Å². The highest BCUT2D eigenvalue weighted by atomic mass is 32.2. The van der Waals surface area contributed by atoms with Crippen LogP contribution in [0.4, 0.5) is 0 Å². The molecule has 0 spiro atoms. The molecule has 0 aromatic rings. The minimum Gasteiger partial charge on any atom is -0.370 e. The van der Waals surface area contributed by atoms with E-state index in [0.717, 1.165) is 0 Å². The van der Waals surface area contributed by atoms with E-state index in [1.807, 2.05) is 20.8 Å². The van der Waals surface area contributed by atoms with Crippen molar-refractivity contribution >= 4 is 10.0 Å². The lowest BCUT2D eigenvalue weighted by Gasteiger charge is -2.40. The molecule has 15 heavy (non-hydrogen) atoms. The van der Waals surface area contributed by atoms with Crippen molar-refractivity contribution < 1.29 is 13.2 Å². The maximum absolute atomic E-state index is 11.8. The standard InChI is InChI=1S/C9H20N2O3S/c1-8-6-11(7-9(2,3)14-8)15(12,13)5-4-10/h8H,4-7,10H2,1-3H3. The predicted molar refractivity (Wildman–Crippen MR) is 59.0 cm³/mol. The number of rotatable bonds is 3. The highest BCUT2D eigenvalue weighted by Crippen LogP contribution is 2.22. The van der Waals surface area contributed by atoms with Gasteiger partial charge in [-0.05, 0) is 20.8 Å². The van der Waals surface area contributed by atoms with Crippen molar-refractivity contribution in [3.63, 3.8) is 0 Å². The molecule has 0 aromatic carbocycles. The minimum absolute atomic E-state index is 0.00972. The monoisotopic (exact) mass is 236 g/mol. The summed E-state index contributed by atoms with van der Waals surface area (Å²) in [5.74, 6) is 0.00972. The Labute approximate surface area is 91.6 Å². The number of ether oxygens (including phenoxy) is 1. The van der Waals surface area contributed by atoms with Crippen LogP contribution in [0.25, 0.3) is 0 Å². The summed E-state index contributed by atoms with van der Waals surface area (Å²) in [6.45, 7) is 6.66. The topological polar surface area (TPSA) is 72.6 Å². The molecule has 0 radical (unpaired) electrons. The molecule has 0 aliphatic carbocycles. The smallest absolute Gasteiger partial charge is 0.215 e. The van der Waals surface area contributed by atoms with E-state index in [9.17, 15) is 8.42 Å². The second-order valence-electron chi connectivity index (χ2n) is 4.59. The van der Waals surface area contributed by atoms with Crippen molar-refractivity contribution in [1.82, 2.24) is 4.31 Å². The predicted octanol–water partition coefficient (Wildman–Crippen LogP) is -0.226. The second-order valence-corrected chi connectivity index (χ2v) is 6.67. The number of hydrogen-bond acceptors (Lipinski definition) is 4. The lowest BCUT2D eigenvalue weighted by Crippen LogP contribution is -2.54. The summed E-state index contributed by atoms with van der Waals surface area (Å²) in [5, 5.41) is 0. The number of hydrogen-bond donors (Lipinski definition) is 1. The van der Waals surface area contributed by atoms with Crippen LogP contribution in [-0.4, -0.2) is 49.8 Å². The van der Waals surface area contributed by atoms with Gasteiger partial charge in [-0.3, -0.25) is 0 Å². The summed E-state index contributed by atoms with van der Waals surface area (Å²) < 4.78 is 30.7. The van der Waals surface area contributed by atoms with Crippen molar-refractivity contribution in [3.05, 3.63) is 0 Å². The molecule has 1 aliphatic heterocycles. The fourth-order valence-electron chi connectivity index (χ4n) is 1.89. The zero-order chi connectivity index (χ0) is 11.7. The van der Waals surface area contributed by atoms with E-state index in [1.54, 1.807) is 0 Å². The average Bonchev–Trinajstić information content (AvgIpc) is 1.99. The van der Waals surface area contributed by atoms with Crippen LogP contribution in [0.15, 0.2) is 0 Å². The Morgan fingerprint density at radius 1 is 1.53 bits per heavy atom. The molecule has 1 unspecified atom stereocenters. The van der Waals surface area contributed by atoms with Crippen LogP contribution in [0.5, 0.6) is 0 Å². The molecule has 5 nitrogen and oxygen atoms in total. The van der Waals surface area contributed by atoms with E-state index in [0.29, 0.717) is 13.1 Å². The van der Waals surface area contributed by atoms with Crippen molar-refractivity contribution in [1.29, 1.82) is 0 Å². The van der Waals surface area contributed by atoms with Gasteiger partial charge in [0.1, 0.15) is 0 Å². The quantitative estimate of drug-likeness (QED) is 0.735. The van der Waals surface area contributed by atoms with E-state index < -0.39 is 15.6 Å². The lowest BCUT2D eigenvalue weighted by atomic mass is 10.1. The molecule has 90 valence electrons. The Balaban J connectivity index is 2.79. The average molecular weight is 236 g/mol. The zero-order valence-electron chi connectivity index (χ0n) is 9.56. The SMILES string of the molecule is CC1CN(S(=O)(=O)CCN)CC(C)(C)O1. The molecule has 6 heteroatoms. The normalized spacial score (nSPS) is 27.9. The first-order valence-electron chi connectivity index (χ1n) is 5.12. The molecular formula is C9H20N2O3S. The molecule has 1 fully saturated rings. The highest BCUT2D eigenvalue weighted by molar-refractivity contribution is 7.89. The number of morpholine rings is 1. The summed E-state index contributed by atoms with van der Waals surface area (Å²) in [5.41, 5.74) is 4.87. The molecule has 0 saturated carbocycles. The van der Waals surface area contributed by atoms with Crippen molar-refractivity contribution in [2.24, 2.45) is 5.73 Å². The first-order chi connectivity index (χ1) is 6.77. The van der Waals surface area contributed by atoms with Crippen LogP contribution in [0.3, 0.4) is 0 Å². The largest absolute Gasteiger partial charge is 0.370 e. The Morgan fingerprint density at radius 3 is 2.60 bits per heavy atom. The number of sulfonamides is 1. The molecule has 0 aromatic heterocycles. The van der Waals surface area contributed by atoms with Gasteiger partial charge in [-0.2, -0.15) is 4.31 Å². The number of nitrogens with zero attached hydrogens (tertiary/aromatic N) is 1. The summed E-state index contributed by atoms with van der Waals surface area (Å²) in [6.07, 6.45) is -0.0682. The Hall–Kier alpha value is -0.170. The van der Waals surface area contributed by atoms with Crippen molar-refractivity contribution in [2.75, 3.05) is 25.4 Å².